The van der Waals surface area contributed by atoms with Gasteiger partial charge in [0.15, 0.2) is 0 Å². The summed E-state index contributed by atoms with van der Waals surface area (Å²) in [6.07, 6.45) is 3.73. The summed E-state index contributed by atoms with van der Waals surface area (Å²) < 4.78 is 0. The highest BCUT2D eigenvalue weighted by atomic mass is 16.3. The molecule has 4 nitrogen and oxygen atoms in total. The predicted octanol–water partition coefficient (Wildman–Crippen LogP) is 1.71. The molecule has 1 amide bonds. The van der Waals surface area contributed by atoms with Gasteiger partial charge in [-0.3, -0.25) is 9.69 Å². The molecule has 3 atom stereocenters. The van der Waals surface area contributed by atoms with Crippen molar-refractivity contribution in [3.63, 3.8) is 0 Å². The quantitative estimate of drug-likeness (QED) is 0.890. The van der Waals surface area contributed by atoms with Gasteiger partial charge in [0.25, 0.3) is 0 Å². The Morgan fingerprint density at radius 2 is 2.14 bits per heavy atom. The standard InChI is InChI=1S/C18H26N2O2/c1-13(18(22)19-11-15-7-4-8-17(15)21)20-10-9-14-5-2-3-6-16(14)12-20/h2-3,5-6,13,15,17,21H,4,7-12H2,1H3,(H,19,22). The summed E-state index contributed by atoms with van der Waals surface area (Å²) in [6, 6.07) is 8.36. The number of rotatable bonds is 4. The molecule has 3 unspecified atom stereocenters. The van der Waals surface area contributed by atoms with E-state index in [1.807, 2.05) is 6.92 Å². The number of fused-ring (bicyclic) bond motifs is 1. The van der Waals surface area contributed by atoms with E-state index in [9.17, 15) is 9.90 Å². The molecule has 22 heavy (non-hydrogen) atoms. The third-order valence-electron chi connectivity index (χ3n) is 5.24. The number of amides is 1. The molecule has 3 rings (SSSR count). The molecule has 0 radical (unpaired) electrons. The lowest BCUT2D eigenvalue weighted by molar-refractivity contribution is -0.126. The monoisotopic (exact) mass is 302 g/mol. The third-order valence-corrected chi connectivity index (χ3v) is 5.24. The first kappa shape index (κ1) is 15.5. The van der Waals surface area contributed by atoms with Crippen LogP contribution in [-0.4, -0.2) is 41.1 Å². The van der Waals surface area contributed by atoms with Gasteiger partial charge in [0.1, 0.15) is 0 Å². The van der Waals surface area contributed by atoms with Crippen LogP contribution in [0.3, 0.4) is 0 Å². The predicted molar refractivity (Wildman–Crippen MR) is 86.4 cm³/mol. The zero-order valence-corrected chi connectivity index (χ0v) is 13.3. The molecule has 0 spiro atoms. The Bertz CT molecular complexity index is 532. The fourth-order valence-electron chi connectivity index (χ4n) is 3.65. The van der Waals surface area contributed by atoms with E-state index in [4.69, 9.17) is 0 Å². The molecule has 1 fully saturated rings. The van der Waals surface area contributed by atoms with Crippen molar-refractivity contribution in [1.29, 1.82) is 0 Å². The van der Waals surface area contributed by atoms with Crippen LogP contribution < -0.4 is 5.32 Å². The van der Waals surface area contributed by atoms with Crippen molar-refractivity contribution in [3.8, 4) is 0 Å². The van der Waals surface area contributed by atoms with E-state index in [0.717, 1.165) is 38.8 Å². The number of hydrogen-bond donors (Lipinski definition) is 2. The second kappa shape index (κ2) is 6.80. The molecule has 1 aromatic carbocycles. The van der Waals surface area contributed by atoms with Crippen molar-refractivity contribution in [1.82, 2.24) is 10.2 Å². The molecular weight excluding hydrogens is 276 g/mol. The van der Waals surface area contributed by atoms with Crippen molar-refractivity contribution in [2.75, 3.05) is 13.1 Å². The highest BCUT2D eigenvalue weighted by Gasteiger charge is 2.28. The van der Waals surface area contributed by atoms with Gasteiger partial charge in [-0.2, -0.15) is 0 Å². The number of carbonyl (C=O) groups is 1. The van der Waals surface area contributed by atoms with Crippen LogP contribution in [0.4, 0.5) is 0 Å². The van der Waals surface area contributed by atoms with E-state index in [-0.39, 0.29) is 24.0 Å². The summed E-state index contributed by atoms with van der Waals surface area (Å²) in [4.78, 5) is 14.6. The molecule has 0 bridgehead atoms. The first-order valence-corrected chi connectivity index (χ1v) is 8.42. The maximum absolute atomic E-state index is 12.4. The summed E-state index contributed by atoms with van der Waals surface area (Å²) in [5.74, 6) is 0.316. The molecule has 0 aromatic heterocycles. The van der Waals surface area contributed by atoms with Gasteiger partial charge >= 0.3 is 0 Å². The van der Waals surface area contributed by atoms with Crippen LogP contribution in [0.5, 0.6) is 0 Å². The van der Waals surface area contributed by atoms with Gasteiger partial charge in [-0.15, -0.1) is 0 Å². The summed E-state index contributed by atoms with van der Waals surface area (Å²) in [7, 11) is 0. The molecule has 1 aromatic rings. The van der Waals surface area contributed by atoms with Gasteiger partial charge < -0.3 is 10.4 Å². The minimum absolute atomic E-state index is 0.0819. The molecule has 0 saturated heterocycles. The van der Waals surface area contributed by atoms with E-state index in [1.165, 1.54) is 11.1 Å². The lowest BCUT2D eigenvalue weighted by Crippen LogP contribution is -2.48. The summed E-state index contributed by atoms with van der Waals surface area (Å²) in [6.45, 7) is 4.36. The van der Waals surface area contributed by atoms with E-state index in [2.05, 4.69) is 34.5 Å². The Morgan fingerprint density at radius 3 is 2.86 bits per heavy atom. The van der Waals surface area contributed by atoms with Crippen molar-refractivity contribution in [3.05, 3.63) is 35.4 Å². The van der Waals surface area contributed by atoms with Crippen LogP contribution in [0.1, 0.15) is 37.3 Å². The number of nitrogens with zero attached hydrogens (tertiary/aromatic N) is 1. The molecule has 1 aliphatic heterocycles. The van der Waals surface area contributed by atoms with Crippen molar-refractivity contribution >= 4 is 5.91 Å². The number of hydrogen-bond acceptors (Lipinski definition) is 3. The van der Waals surface area contributed by atoms with Crippen LogP contribution in [0, 0.1) is 5.92 Å². The number of nitrogens with one attached hydrogen (secondary N) is 1. The van der Waals surface area contributed by atoms with Gasteiger partial charge in [0.2, 0.25) is 5.91 Å². The normalized spacial score (nSPS) is 26.5. The Balaban J connectivity index is 1.53. The van der Waals surface area contributed by atoms with Gasteiger partial charge in [-0.1, -0.05) is 30.7 Å². The molecule has 120 valence electrons. The Hall–Kier alpha value is -1.39. The average molecular weight is 302 g/mol. The van der Waals surface area contributed by atoms with E-state index in [1.54, 1.807) is 0 Å². The van der Waals surface area contributed by atoms with Crippen LogP contribution in [-0.2, 0) is 17.8 Å². The van der Waals surface area contributed by atoms with Crippen molar-refractivity contribution < 1.29 is 9.90 Å². The lowest BCUT2D eigenvalue weighted by atomic mass is 9.98. The largest absolute Gasteiger partial charge is 0.393 e. The van der Waals surface area contributed by atoms with E-state index < -0.39 is 0 Å². The summed E-state index contributed by atoms with van der Waals surface area (Å²) >= 11 is 0. The molecule has 1 saturated carbocycles. The smallest absolute Gasteiger partial charge is 0.237 e. The SMILES string of the molecule is CC(C(=O)NCC1CCCC1O)N1CCc2ccccc2C1. The fourth-order valence-corrected chi connectivity index (χ4v) is 3.65. The minimum atomic E-state index is -0.238. The summed E-state index contributed by atoms with van der Waals surface area (Å²) in [5, 5.41) is 12.9. The minimum Gasteiger partial charge on any atom is -0.393 e. The van der Waals surface area contributed by atoms with Crippen LogP contribution >= 0.6 is 0 Å². The average Bonchev–Trinajstić information content (AvgIpc) is 2.96. The van der Waals surface area contributed by atoms with Gasteiger partial charge in [-0.05, 0) is 37.3 Å². The highest BCUT2D eigenvalue weighted by molar-refractivity contribution is 5.81. The zero-order valence-electron chi connectivity index (χ0n) is 13.3. The van der Waals surface area contributed by atoms with Crippen molar-refractivity contribution in [2.45, 2.75) is 51.3 Å². The summed E-state index contributed by atoms with van der Waals surface area (Å²) in [5.41, 5.74) is 2.74. The second-order valence-electron chi connectivity index (χ2n) is 6.67. The lowest BCUT2D eigenvalue weighted by Gasteiger charge is -2.33. The van der Waals surface area contributed by atoms with E-state index >= 15 is 0 Å². The number of benzene rings is 1. The molecule has 1 heterocycles. The first-order valence-electron chi connectivity index (χ1n) is 8.42. The van der Waals surface area contributed by atoms with Crippen LogP contribution in [0.15, 0.2) is 24.3 Å². The maximum Gasteiger partial charge on any atom is 0.237 e. The number of carbonyl (C=O) groups excluding carboxylic acids is 1. The van der Waals surface area contributed by atoms with Gasteiger partial charge in [-0.25, -0.2) is 0 Å². The van der Waals surface area contributed by atoms with Gasteiger partial charge in [0, 0.05) is 25.6 Å². The molecule has 1 aliphatic carbocycles. The maximum atomic E-state index is 12.4. The van der Waals surface area contributed by atoms with E-state index in [0.29, 0.717) is 6.54 Å². The van der Waals surface area contributed by atoms with Gasteiger partial charge in [0.05, 0.1) is 12.1 Å². The highest BCUT2D eigenvalue weighted by Crippen LogP contribution is 2.25. The van der Waals surface area contributed by atoms with Crippen LogP contribution in [0.25, 0.3) is 0 Å². The Labute approximate surface area is 132 Å². The number of aliphatic hydroxyl groups excluding tert-OH is 1. The Morgan fingerprint density at radius 1 is 1.36 bits per heavy atom. The zero-order chi connectivity index (χ0) is 15.5. The topological polar surface area (TPSA) is 52.6 Å². The Kier molecular flexibility index (Phi) is 4.79. The number of aliphatic hydroxyl groups is 1. The molecule has 2 N–H and O–H groups in total. The fraction of sp³-hybridized carbons (Fsp3) is 0.611. The van der Waals surface area contributed by atoms with Crippen molar-refractivity contribution in [2.24, 2.45) is 5.92 Å². The third kappa shape index (κ3) is 3.33. The molecular formula is C18H26N2O2. The first-order chi connectivity index (χ1) is 10.6. The van der Waals surface area contributed by atoms with Crippen LogP contribution in [0.2, 0.25) is 0 Å². The molecule has 2 aliphatic rings. The second-order valence-corrected chi connectivity index (χ2v) is 6.67. The molecule has 4 heteroatoms.